The predicted molar refractivity (Wildman–Crippen MR) is 81.7 cm³/mol. The number of hydrogen-bond donors (Lipinski definition) is 2. The fourth-order valence-electron chi connectivity index (χ4n) is 1.85. The van der Waals surface area contributed by atoms with Gasteiger partial charge in [0.15, 0.2) is 0 Å². The summed E-state index contributed by atoms with van der Waals surface area (Å²) in [7, 11) is 0. The summed E-state index contributed by atoms with van der Waals surface area (Å²) in [5.74, 6) is -0.187. The zero-order valence-corrected chi connectivity index (χ0v) is 12.5. The second kappa shape index (κ2) is 5.61. The van der Waals surface area contributed by atoms with Crippen LogP contribution in [0.4, 0.5) is 15.8 Å². The van der Waals surface area contributed by atoms with Gasteiger partial charge in [-0.1, -0.05) is 28.1 Å². The molecule has 19 heavy (non-hydrogen) atoms. The van der Waals surface area contributed by atoms with E-state index in [-0.39, 0.29) is 11.9 Å². The minimum atomic E-state index is -0.187. The molecule has 2 aromatic rings. The van der Waals surface area contributed by atoms with Gasteiger partial charge in [0.1, 0.15) is 5.82 Å². The van der Waals surface area contributed by atoms with E-state index in [2.05, 4.69) is 21.2 Å². The molecule has 0 aliphatic rings. The average Bonchev–Trinajstić information content (AvgIpc) is 2.37. The summed E-state index contributed by atoms with van der Waals surface area (Å²) in [6.45, 7) is 3.73. The number of anilines is 2. The molecule has 0 spiro atoms. The molecule has 0 aliphatic carbocycles. The lowest BCUT2D eigenvalue weighted by atomic mass is 10.1. The summed E-state index contributed by atoms with van der Waals surface area (Å²) >= 11 is 3.41. The summed E-state index contributed by atoms with van der Waals surface area (Å²) < 4.78 is 14.5. The molecule has 1 atom stereocenters. The lowest BCUT2D eigenvalue weighted by Gasteiger charge is -2.18. The Hall–Kier alpha value is -1.55. The molecule has 0 heterocycles. The van der Waals surface area contributed by atoms with E-state index in [4.69, 9.17) is 5.73 Å². The third-order valence-electron chi connectivity index (χ3n) is 3.08. The molecular weight excluding hydrogens is 307 g/mol. The zero-order chi connectivity index (χ0) is 14.0. The lowest BCUT2D eigenvalue weighted by Crippen LogP contribution is -2.09. The fraction of sp³-hybridized carbons (Fsp3) is 0.200. The van der Waals surface area contributed by atoms with Crippen molar-refractivity contribution in [2.75, 3.05) is 11.1 Å². The number of nitrogen functional groups attached to an aromatic ring is 1. The molecule has 2 nitrogen and oxygen atoms in total. The molecule has 0 fully saturated rings. The standard InChI is InChI=1S/C15H16BrFN2/c1-9-3-4-11(7-13(9)17)10(2)19-15-8-12(16)5-6-14(15)18/h3-8,10,19H,18H2,1-2H3. The molecule has 0 radical (unpaired) electrons. The summed E-state index contributed by atoms with van der Waals surface area (Å²) in [4.78, 5) is 0. The van der Waals surface area contributed by atoms with Crippen molar-refractivity contribution in [3.8, 4) is 0 Å². The van der Waals surface area contributed by atoms with Crippen molar-refractivity contribution in [1.29, 1.82) is 0 Å². The van der Waals surface area contributed by atoms with Gasteiger partial charge in [0.05, 0.1) is 11.4 Å². The highest BCUT2D eigenvalue weighted by Crippen LogP contribution is 2.27. The van der Waals surface area contributed by atoms with Crippen LogP contribution in [0, 0.1) is 12.7 Å². The Morgan fingerprint density at radius 2 is 1.95 bits per heavy atom. The molecule has 0 aliphatic heterocycles. The molecule has 0 saturated heterocycles. The molecule has 0 bridgehead atoms. The number of nitrogens with one attached hydrogen (secondary N) is 1. The van der Waals surface area contributed by atoms with Gasteiger partial charge in [-0.2, -0.15) is 0 Å². The molecule has 4 heteroatoms. The number of benzene rings is 2. The van der Waals surface area contributed by atoms with Gasteiger partial charge in [0.2, 0.25) is 0 Å². The largest absolute Gasteiger partial charge is 0.397 e. The van der Waals surface area contributed by atoms with Crippen molar-refractivity contribution >= 4 is 27.3 Å². The third kappa shape index (κ3) is 3.26. The van der Waals surface area contributed by atoms with Gasteiger partial charge in [0.25, 0.3) is 0 Å². The molecule has 0 saturated carbocycles. The van der Waals surface area contributed by atoms with Crippen LogP contribution in [0.15, 0.2) is 40.9 Å². The van der Waals surface area contributed by atoms with E-state index in [1.165, 1.54) is 0 Å². The smallest absolute Gasteiger partial charge is 0.126 e. The average molecular weight is 323 g/mol. The maximum absolute atomic E-state index is 13.6. The molecule has 2 aromatic carbocycles. The van der Waals surface area contributed by atoms with Gasteiger partial charge in [-0.25, -0.2) is 4.39 Å². The van der Waals surface area contributed by atoms with Crippen molar-refractivity contribution in [1.82, 2.24) is 0 Å². The van der Waals surface area contributed by atoms with E-state index in [0.717, 1.165) is 15.7 Å². The monoisotopic (exact) mass is 322 g/mol. The van der Waals surface area contributed by atoms with Crippen LogP contribution in [0.25, 0.3) is 0 Å². The van der Waals surface area contributed by atoms with Crippen LogP contribution >= 0.6 is 15.9 Å². The molecule has 0 amide bonds. The second-order valence-corrected chi connectivity index (χ2v) is 5.52. The van der Waals surface area contributed by atoms with Gasteiger partial charge >= 0.3 is 0 Å². The normalized spacial score (nSPS) is 12.2. The number of aryl methyl sites for hydroxylation is 1. The molecule has 3 N–H and O–H groups in total. The van der Waals surface area contributed by atoms with Crippen molar-refractivity contribution < 1.29 is 4.39 Å². The minimum Gasteiger partial charge on any atom is -0.397 e. The van der Waals surface area contributed by atoms with Crippen LogP contribution in [0.1, 0.15) is 24.1 Å². The minimum absolute atomic E-state index is 0.0216. The topological polar surface area (TPSA) is 38.0 Å². The lowest BCUT2D eigenvalue weighted by molar-refractivity contribution is 0.614. The maximum Gasteiger partial charge on any atom is 0.126 e. The predicted octanol–water partition coefficient (Wildman–Crippen LogP) is 4.65. The number of hydrogen-bond acceptors (Lipinski definition) is 2. The Bertz CT molecular complexity index is 599. The Morgan fingerprint density at radius 3 is 2.63 bits per heavy atom. The van der Waals surface area contributed by atoms with Crippen LogP contribution in [0.2, 0.25) is 0 Å². The summed E-state index contributed by atoms with van der Waals surface area (Å²) in [5.41, 5.74) is 8.96. The van der Waals surface area contributed by atoms with Gasteiger partial charge < -0.3 is 11.1 Å². The van der Waals surface area contributed by atoms with Crippen molar-refractivity contribution in [2.24, 2.45) is 0 Å². The van der Waals surface area contributed by atoms with Crippen molar-refractivity contribution in [2.45, 2.75) is 19.9 Å². The van der Waals surface area contributed by atoms with Crippen LogP contribution in [0.3, 0.4) is 0 Å². The van der Waals surface area contributed by atoms with E-state index in [1.807, 2.05) is 31.2 Å². The van der Waals surface area contributed by atoms with Crippen molar-refractivity contribution in [3.05, 3.63) is 57.8 Å². The highest BCUT2D eigenvalue weighted by molar-refractivity contribution is 9.10. The van der Waals surface area contributed by atoms with Crippen molar-refractivity contribution in [3.63, 3.8) is 0 Å². The van der Waals surface area contributed by atoms with E-state index < -0.39 is 0 Å². The number of nitrogens with two attached hydrogens (primary N) is 1. The number of halogens is 2. The Kier molecular flexibility index (Phi) is 4.10. The quantitative estimate of drug-likeness (QED) is 0.807. The fourth-order valence-corrected chi connectivity index (χ4v) is 2.21. The second-order valence-electron chi connectivity index (χ2n) is 4.61. The van der Waals surface area contributed by atoms with Gasteiger partial charge in [-0.15, -0.1) is 0 Å². The summed E-state index contributed by atoms with van der Waals surface area (Å²) in [5, 5.41) is 3.29. The van der Waals surface area contributed by atoms with Crippen LogP contribution in [-0.4, -0.2) is 0 Å². The van der Waals surface area contributed by atoms with Gasteiger partial charge in [-0.3, -0.25) is 0 Å². The van der Waals surface area contributed by atoms with Gasteiger partial charge in [0, 0.05) is 10.5 Å². The van der Waals surface area contributed by atoms with E-state index in [1.54, 1.807) is 19.1 Å². The first kappa shape index (κ1) is 13.9. The highest BCUT2D eigenvalue weighted by atomic mass is 79.9. The van der Waals surface area contributed by atoms with Crippen LogP contribution in [0.5, 0.6) is 0 Å². The molecule has 0 aromatic heterocycles. The molecule has 2 rings (SSSR count). The third-order valence-corrected chi connectivity index (χ3v) is 3.58. The van der Waals surface area contributed by atoms with E-state index >= 15 is 0 Å². The van der Waals surface area contributed by atoms with E-state index in [0.29, 0.717) is 11.3 Å². The zero-order valence-electron chi connectivity index (χ0n) is 10.9. The summed E-state index contributed by atoms with van der Waals surface area (Å²) in [6.07, 6.45) is 0. The maximum atomic E-state index is 13.6. The first-order chi connectivity index (χ1) is 8.97. The van der Waals surface area contributed by atoms with Crippen LogP contribution < -0.4 is 11.1 Å². The Morgan fingerprint density at radius 1 is 1.21 bits per heavy atom. The molecule has 1 unspecified atom stereocenters. The molecule has 100 valence electrons. The SMILES string of the molecule is Cc1ccc(C(C)Nc2cc(Br)ccc2N)cc1F. The first-order valence-electron chi connectivity index (χ1n) is 6.05. The van der Waals surface area contributed by atoms with E-state index in [9.17, 15) is 4.39 Å². The Labute approximate surface area is 121 Å². The first-order valence-corrected chi connectivity index (χ1v) is 6.84. The van der Waals surface area contributed by atoms with Gasteiger partial charge in [-0.05, 0) is 49.2 Å². The Balaban J connectivity index is 2.22. The summed E-state index contributed by atoms with van der Waals surface area (Å²) in [6, 6.07) is 10.9. The molecular formula is C15H16BrFN2. The highest BCUT2D eigenvalue weighted by Gasteiger charge is 2.09. The number of rotatable bonds is 3. The van der Waals surface area contributed by atoms with Crippen LogP contribution in [-0.2, 0) is 0 Å².